The lowest BCUT2D eigenvalue weighted by Crippen LogP contribution is -2.52. The van der Waals surface area contributed by atoms with E-state index in [9.17, 15) is 18.0 Å². The number of nitrogens with zero attached hydrogens (tertiary/aromatic N) is 2. The van der Waals surface area contributed by atoms with Gasteiger partial charge < -0.3 is 15.8 Å². The number of alkyl halides is 3. The van der Waals surface area contributed by atoms with E-state index in [2.05, 4.69) is 17.3 Å². The zero-order valence-electron chi connectivity index (χ0n) is 20.6. The summed E-state index contributed by atoms with van der Waals surface area (Å²) < 4.78 is 46.1. The maximum Gasteiger partial charge on any atom is 0.391 e. The van der Waals surface area contributed by atoms with Crippen LogP contribution in [0.25, 0.3) is 11.3 Å². The molecule has 0 radical (unpaired) electrons. The molecule has 1 saturated carbocycles. The average Bonchev–Trinajstić information content (AvgIpc) is 3.15. The number of nitrogens with one attached hydrogen (secondary N) is 1. The normalized spacial score (nSPS) is 21.6. The first-order chi connectivity index (χ1) is 16.4. The second-order valence-corrected chi connectivity index (χ2v) is 10.1. The van der Waals surface area contributed by atoms with E-state index in [1.165, 1.54) is 7.11 Å². The van der Waals surface area contributed by atoms with Gasteiger partial charge in [0.25, 0.3) is 5.91 Å². The van der Waals surface area contributed by atoms with Gasteiger partial charge >= 0.3 is 6.18 Å². The molecular formula is C25H34ClF3N4O2. The third-order valence-electron chi connectivity index (χ3n) is 6.90. The molecule has 3 N–H and O–H groups in total. The van der Waals surface area contributed by atoms with Crippen molar-refractivity contribution in [2.75, 3.05) is 13.7 Å². The molecule has 0 saturated heterocycles. The number of hydrogen-bond acceptors (Lipinski definition) is 4. The van der Waals surface area contributed by atoms with Crippen LogP contribution in [-0.4, -0.2) is 41.1 Å². The number of methoxy groups -OCH3 is 1. The van der Waals surface area contributed by atoms with Gasteiger partial charge in [-0.2, -0.15) is 18.3 Å². The van der Waals surface area contributed by atoms with Gasteiger partial charge in [-0.05, 0) is 62.6 Å². The molecule has 1 aliphatic carbocycles. The number of aromatic nitrogens is 2. The Balaban J connectivity index is 1.85. The molecule has 1 aromatic heterocycles. The van der Waals surface area contributed by atoms with Gasteiger partial charge in [0.2, 0.25) is 0 Å². The van der Waals surface area contributed by atoms with E-state index in [0.717, 1.165) is 32.6 Å². The molecule has 10 heteroatoms. The molecule has 2 aromatic rings. The number of benzene rings is 1. The van der Waals surface area contributed by atoms with Crippen LogP contribution >= 0.6 is 11.6 Å². The summed E-state index contributed by atoms with van der Waals surface area (Å²) in [7, 11) is 1.44. The molecule has 6 nitrogen and oxygen atoms in total. The van der Waals surface area contributed by atoms with Crippen LogP contribution in [0.2, 0.25) is 5.02 Å². The molecule has 1 unspecified atom stereocenters. The molecule has 1 atom stereocenters. The summed E-state index contributed by atoms with van der Waals surface area (Å²) >= 11 is 6.65. The highest BCUT2D eigenvalue weighted by molar-refractivity contribution is 6.36. The van der Waals surface area contributed by atoms with Gasteiger partial charge in [0.05, 0.1) is 23.7 Å². The lowest BCUT2D eigenvalue weighted by molar-refractivity contribution is -0.169. The number of ether oxygens (including phenoxy) is 1. The zero-order valence-corrected chi connectivity index (χ0v) is 21.4. The predicted molar refractivity (Wildman–Crippen MR) is 131 cm³/mol. The Morgan fingerprint density at radius 3 is 2.60 bits per heavy atom. The number of hydrogen-bond donors (Lipinski definition) is 2. The Bertz CT molecular complexity index is 1050. The Morgan fingerprint density at radius 2 is 2.03 bits per heavy atom. The number of nitrogens with two attached hydrogens (primary N) is 1. The van der Waals surface area contributed by atoms with Crippen LogP contribution in [-0.2, 0) is 13.0 Å². The van der Waals surface area contributed by atoms with Gasteiger partial charge in [0.15, 0.2) is 5.69 Å². The number of carbonyl (C=O) groups is 1. The van der Waals surface area contributed by atoms with Crippen LogP contribution in [0.1, 0.15) is 62.5 Å². The number of amides is 1. The van der Waals surface area contributed by atoms with Crippen LogP contribution in [0.15, 0.2) is 18.2 Å². The molecule has 1 heterocycles. The average molecular weight is 515 g/mol. The lowest BCUT2D eigenvalue weighted by atomic mass is 9.78. The summed E-state index contributed by atoms with van der Waals surface area (Å²) in [6.45, 7) is 5.97. The first kappa shape index (κ1) is 27.3. The minimum atomic E-state index is -4.28. The fraction of sp³-hybridized carbons (Fsp3) is 0.600. The number of halogens is 4. The van der Waals surface area contributed by atoms with E-state index >= 15 is 0 Å². The summed E-state index contributed by atoms with van der Waals surface area (Å²) in [5.41, 5.74) is 7.63. The van der Waals surface area contributed by atoms with Gasteiger partial charge in [-0.25, -0.2) is 0 Å². The van der Waals surface area contributed by atoms with Crippen molar-refractivity contribution in [2.45, 2.75) is 71.1 Å². The summed E-state index contributed by atoms with van der Waals surface area (Å²) in [5.74, 6) is -0.909. The van der Waals surface area contributed by atoms with Crippen LogP contribution in [0.4, 0.5) is 13.2 Å². The summed E-state index contributed by atoms with van der Waals surface area (Å²) in [6, 6.07) is 4.85. The quantitative estimate of drug-likeness (QED) is 0.479. The second kappa shape index (κ2) is 10.8. The van der Waals surface area contributed by atoms with Gasteiger partial charge in [-0.1, -0.05) is 31.5 Å². The summed E-state index contributed by atoms with van der Waals surface area (Å²) in [5, 5.41) is 7.46. The Kier molecular flexibility index (Phi) is 8.42. The molecule has 1 aliphatic rings. The van der Waals surface area contributed by atoms with Crippen molar-refractivity contribution in [3.63, 3.8) is 0 Å². The predicted octanol–water partition coefficient (Wildman–Crippen LogP) is 5.61. The molecule has 35 heavy (non-hydrogen) atoms. The minimum absolute atomic E-state index is 0.0770. The van der Waals surface area contributed by atoms with E-state index < -0.39 is 23.5 Å². The topological polar surface area (TPSA) is 82.2 Å². The fourth-order valence-corrected chi connectivity index (χ4v) is 4.78. The smallest absolute Gasteiger partial charge is 0.391 e. The lowest BCUT2D eigenvalue weighted by Gasteiger charge is -2.36. The molecule has 3 rings (SSSR count). The third kappa shape index (κ3) is 6.30. The fourth-order valence-electron chi connectivity index (χ4n) is 4.45. The van der Waals surface area contributed by atoms with Crippen LogP contribution in [0.5, 0.6) is 5.75 Å². The molecule has 194 valence electrons. The molecule has 1 fully saturated rings. The SMILES string of the molecule is CCn1nc(C(=O)NCC2(N)CCC(C)CC2)c(Cl)c1-c1ccc(CC(C)C(F)(F)F)cc1OC. The van der Waals surface area contributed by atoms with Crippen molar-refractivity contribution in [3.05, 3.63) is 34.5 Å². The Morgan fingerprint density at radius 1 is 1.37 bits per heavy atom. The first-order valence-corrected chi connectivity index (χ1v) is 12.3. The van der Waals surface area contributed by atoms with Crippen LogP contribution in [0.3, 0.4) is 0 Å². The van der Waals surface area contributed by atoms with Crippen LogP contribution in [0, 0.1) is 11.8 Å². The van der Waals surface area contributed by atoms with Crippen molar-refractivity contribution in [2.24, 2.45) is 17.6 Å². The van der Waals surface area contributed by atoms with E-state index in [4.69, 9.17) is 22.1 Å². The second-order valence-electron chi connectivity index (χ2n) is 9.74. The van der Waals surface area contributed by atoms with Crippen molar-refractivity contribution >= 4 is 17.5 Å². The highest BCUT2D eigenvalue weighted by Crippen LogP contribution is 2.38. The number of carbonyl (C=O) groups excluding carboxylic acids is 1. The van der Waals surface area contributed by atoms with Gasteiger partial charge in [0, 0.05) is 24.2 Å². The van der Waals surface area contributed by atoms with E-state index in [1.807, 2.05) is 6.92 Å². The highest BCUT2D eigenvalue weighted by Gasteiger charge is 2.36. The molecule has 0 spiro atoms. The molecule has 0 bridgehead atoms. The third-order valence-corrected chi connectivity index (χ3v) is 7.26. The molecular weight excluding hydrogens is 481 g/mol. The minimum Gasteiger partial charge on any atom is -0.496 e. The van der Waals surface area contributed by atoms with Crippen LogP contribution < -0.4 is 15.8 Å². The van der Waals surface area contributed by atoms with Gasteiger partial charge in [0.1, 0.15) is 5.75 Å². The Labute approximate surface area is 209 Å². The molecule has 1 amide bonds. The summed E-state index contributed by atoms with van der Waals surface area (Å²) in [4.78, 5) is 13.0. The number of aryl methyl sites for hydroxylation is 1. The van der Waals surface area contributed by atoms with Crippen molar-refractivity contribution < 1.29 is 22.7 Å². The zero-order chi connectivity index (χ0) is 26.0. The van der Waals surface area contributed by atoms with E-state index in [-0.39, 0.29) is 17.1 Å². The highest BCUT2D eigenvalue weighted by atomic mass is 35.5. The van der Waals surface area contributed by atoms with E-state index in [1.54, 1.807) is 22.9 Å². The maximum absolute atomic E-state index is 13.0. The molecule has 0 aliphatic heterocycles. The first-order valence-electron chi connectivity index (χ1n) is 12.0. The van der Waals surface area contributed by atoms with E-state index in [0.29, 0.717) is 41.6 Å². The standard InChI is InChI=1S/C25H34ClF3N4O2/c1-5-33-22(18-7-6-17(13-19(18)35-4)12-16(3)25(27,28)29)20(26)21(32-33)23(34)31-14-24(30)10-8-15(2)9-11-24/h6-7,13,15-16H,5,8-12,14,30H2,1-4H3,(H,31,34). The molecule has 1 aromatic carbocycles. The van der Waals surface area contributed by atoms with Gasteiger partial charge in [-0.3, -0.25) is 9.48 Å². The Hall–Kier alpha value is -2.26. The monoisotopic (exact) mass is 514 g/mol. The van der Waals surface area contributed by atoms with Gasteiger partial charge in [-0.15, -0.1) is 0 Å². The van der Waals surface area contributed by atoms with Crippen molar-refractivity contribution in [1.29, 1.82) is 0 Å². The van der Waals surface area contributed by atoms with Crippen molar-refractivity contribution in [1.82, 2.24) is 15.1 Å². The number of rotatable bonds is 8. The maximum atomic E-state index is 13.0. The largest absolute Gasteiger partial charge is 0.496 e. The van der Waals surface area contributed by atoms with Crippen molar-refractivity contribution in [3.8, 4) is 17.0 Å². The summed E-state index contributed by atoms with van der Waals surface area (Å²) in [6.07, 6.45) is -0.719.